The second-order valence-corrected chi connectivity index (χ2v) is 5.78. The van der Waals surface area contributed by atoms with Crippen LogP contribution in [0.3, 0.4) is 0 Å². The third-order valence-corrected chi connectivity index (χ3v) is 4.43. The first-order chi connectivity index (χ1) is 8.81. The summed E-state index contributed by atoms with van der Waals surface area (Å²) < 4.78 is 5.23. The molecule has 18 heavy (non-hydrogen) atoms. The van der Waals surface area contributed by atoms with Crippen LogP contribution in [-0.4, -0.2) is 24.7 Å². The van der Waals surface area contributed by atoms with Gasteiger partial charge in [-0.1, -0.05) is 32.1 Å². The molecule has 104 valence electrons. The molecule has 0 aromatic rings. The molecule has 1 unspecified atom stereocenters. The molecule has 1 atom stereocenters. The van der Waals surface area contributed by atoms with Gasteiger partial charge in [-0.05, 0) is 38.5 Å². The molecule has 2 aliphatic carbocycles. The summed E-state index contributed by atoms with van der Waals surface area (Å²) in [6.07, 6.45) is 11.4. The third-order valence-electron chi connectivity index (χ3n) is 4.43. The van der Waals surface area contributed by atoms with Crippen LogP contribution in [0.4, 0.5) is 0 Å². The highest BCUT2D eigenvalue weighted by molar-refractivity contribution is 5.76. The molecular weight excluding hydrogens is 226 g/mol. The zero-order valence-corrected chi connectivity index (χ0v) is 11.6. The van der Waals surface area contributed by atoms with Crippen LogP contribution in [0.2, 0.25) is 0 Å². The number of hydrogen-bond acceptors (Lipinski definition) is 3. The van der Waals surface area contributed by atoms with E-state index in [0.717, 1.165) is 0 Å². The van der Waals surface area contributed by atoms with Crippen molar-refractivity contribution in [3.8, 4) is 0 Å². The smallest absolute Gasteiger partial charge is 0.323 e. The summed E-state index contributed by atoms with van der Waals surface area (Å²) in [4.78, 5) is 12.1. The average molecular weight is 253 g/mol. The highest BCUT2D eigenvalue weighted by atomic mass is 16.5. The summed E-state index contributed by atoms with van der Waals surface area (Å²) in [5, 5.41) is 3.61. The Balaban J connectivity index is 1.88. The zero-order chi connectivity index (χ0) is 12.8. The van der Waals surface area contributed by atoms with Crippen molar-refractivity contribution in [2.24, 2.45) is 5.92 Å². The van der Waals surface area contributed by atoms with Gasteiger partial charge in [0.15, 0.2) is 0 Å². The van der Waals surface area contributed by atoms with Crippen molar-refractivity contribution in [1.82, 2.24) is 5.32 Å². The molecule has 2 fully saturated rings. The molecule has 3 nitrogen and oxygen atoms in total. The molecule has 0 heterocycles. The summed E-state index contributed by atoms with van der Waals surface area (Å²) >= 11 is 0. The van der Waals surface area contributed by atoms with Gasteiger partial charge in [-0.15, -0.1) is 0 Å². The number of hydrogen-bond donors (Lipinski definition) is 1. The Morgan fingerprint density at radius 1 is 1.11 bits per heavy atom. The van der Waals surface area contributed by atoms with Gasteiger partial charge >= 0.3 is 5.97 Å². The first-order valence-electron chi connectivity index (χ1n) is 7.74. The summed E-state index contributed by atoms with van der Waals surface area (Å²) in [5.41, 5.74) is 0. The van der Waals surface area contributed by atoms with E-state index in [1.165, 1.54) is 57.8 Å². The SMILES string of the molecule is CCOC(=O)C(NC1CCCCCC1)C1CCC1. The fourth-order valence-electron chi connectivity index (χ4n) is 3.10. The Labute approximate surface area is 111 Å². The number of esters is 1. The summed E-state index contributed by atoms with van der Waals surface area (Å²) in [6, 6.07) is 0.490. The Kier molecular flexibility index (Phi) is 5.48. The van der Waals surface area contributed by atoms with Crippen LogP contribution in [-0.2, 0) is 9.53 Å². The van der Waals surface area contributed by atoms with Crippen molar-refractivity contribution in [3.63, 3.8) is 0 Å². The quantitative estimate of drug-likeness (QED) is 0.604. The first kappa shape index (κ1) is 13.9. The lowest BCUT2D eigenvalue weighted by Gasteiger charge is -2.35. The Morgan fingerprint density at radius 3 is 2.28 bits per heavy atom. The normalized spacial score (nSPS) is 24.1. The Morgan fingerprint density at radius 2 is 1.78 bits per heavy atom. The monoisotopic (exact) mass is 253 g/mol. The maximum Gasteiger partial charge on any atom is 0.323 e. The standard InChI is InChI=1S/C15H27NO2/c1-2-18-15(17)14(12-8-7-9-12)16-13-10-5-3-4-6-11-13/h12-14,16H,2-11H2,1H3. The van der Waals surface area contributed by atoms with Gasteiger partial charge in [-0.3, -0.25) is 4.79 Å². The van der Waals surface area contributed by atoms with E-state index >= 15 is 0 Å². The number of rotatable bonds is 5. The van der Waals surface area contributed by atoms with E-state index in [9.17, 15) is 4.79 Å². The van der Waals surface area contributed by atoms with E-state index in [-0.39, 0.29) is 12.0 Å². The molecule has 0 aliphatic heterocycles. The molecule has 2 saturated carbocycles. The van der Waals surface area contributed by atoms with Gasteiger partial charge in [0, 0.05) is 6.04 Å². The molecule has 2 aliphatic rings. The lowest BCUT2D eigenvalue weighted by molar-refractivity contribution is -0.148. The minimum absolute atomic E-state index is 0.0218. The molecular formula is C15H27NO2. The molecule has 0 radical (unpaired) electrons. The molecule has 2 rings (SSSR count). The van der Waals surface area contributed by atoms with Crippen LogP contribution >= 0.6 is 0 Å². The van der Waals surface area contributed by atoms with Gasteiger partial charge in [0.25, 0.3) is 0 Å². The highest BCUT2D eigenvalue weighted by Gasteiger charge is 2.34. The Hall–Kier alpha value is -0.570. The predicted molar refractivity (Wildman–Crippen MR) is 72.4 cm³/mol. The second kappa shape index (κ2) is 7.13. The van der Waals surface area contributed by atoms with Gasteiger partial charge in [0.1, 0.15) is 6.04 Å². The van der Waals surface area contributed by atoms with Crippen molar-refractivity contribution >= 4 is 5.97 Å². The molecule has 0 saturated heterocycles. The van der Waals surface area contributed by atoms with E-state index in [2.05, 4.69) is 5.32 Å². The maximum atomic E-state index is 12.1. The van der Waals surface area contributed by atoms with Crippen LogP contribution in [0.5, 0.6) is 0 Å². The summed E-state index contributed by atoms with van der Waals surface area (Å²) in [6.45, 7) is 2.38. The van der Waals surface area contributed by atoms with Crippen molar-refractivity contribution in [2.45, 2.75) is 76.8 Å². The second-order valence-electron chi connectivity index (χ2n) is 5.78. The molecule has 0 bridgehead atoms. The van der Waals surface area contributed by atoms with Crippen molar-refractivity contribution in [1.29, 1.82) is 0 Å². The maximum absolute atomic E-state index is 12.1. The van der Waals surface area contributed by atoms with E-state index in [0.29, 0.717) is 18.6 Å². The third kappa shape index (κ3) is 3.71. The fourth-order valence-corrected chi connectivity index (χ4v) is 3.10. The van der Waals surface area contributed by atoms with Crippen LogP contribution in [0.1, 0.15) is 64.7 Å². The molecule has 3 heteroatoms. The molecule has 0 aromatic carbocycles. The molecule has 0 aromatic heterocycles. The zero-order valence-electron chi connectivity index (χ0n) is 11.6. The minimum Gasteiger partial charge on any atom is -0.465 e. The number of nitrogens with one attached hydrogen (secondary N) is 1. The average Bonchev–Trinajstić information content (AvgIpc) is 2.54. The van der Waals surface area contributed by atoms with Crippen LogP contribution in [0.25, 0.3) is 0 Å². The number of carbonyl (C=O) groups excluding carboxylic acids is 1. The molecule has 0 spiro atoms. The van der Waals surface area contributed by atoms with Gasteiger partial charge < -0.3 is 10.1 Å². The van der Waals surface area contributed by atoms with E-state index in [1.807, 2.05) is 6.92 Å². The Bertz CT molecular complexity index is 255. The molecule has 0 amide bonds. The van der Waals surface area contributed by atoms with E-state index in [4.69, 9.17) is 4.74 Å². The topological polar surface area (TPSA) is 38.3 Å². The van der Waals surface area contributed by atoms with Crippen molar-refractivity contribution in [2.75, 3.05) is 6.61 Å². The van der Waals surface area contributed by atoms with E-state index in [1.54, 1.807) is 0 Å². The predicted octanol–water partition coefficient (Wildman–Crippen LogP) is 3.03. The summed E-state index contributed by atoms with van der Waals surface area (Å²) in [7, 11) is 0. The van der Waals surface area contributed by atoms with Crippen molar-refractivity contribution < 1.29 is 9.53 Å². The van der Waals surface area contributed by atoms with Crippen LogP contribution in [0.15, 0.2) is 0 Å². The molecule has 1 N–H and O–H groups in total. The minimum atomic E-state index is -0.0400. The first-order valence-corrected chi connectivity index (χ1v) is 7.74. The van der Waals surface area contributed by atoms with Gasteiger partial charge in [-0.2, -0.15) is 0 Å². The fraction of sp³-hybridized carbons (Fsp3) is 0.933. The lowest BCUT2D eigenvalue weighted by atomic mass is 9.79. The number of ether oxygens (including phenoxy) is 1. The van der Waals surface area contributed by atoms with Gasteiger partial charge in [-0.25, -0.2) is 0 Å². The van der Waals surface area contributed by atoms with E-state index < -0.39 is 0 Å². The van der Waals surface area contributed by atoms with Gasteiger partial charge in [0.2, 0.25) is 0 Å². The lowest BCUT2D eigenvalue weighted by Crippen LogP contribution is -2.50. The summed E-state index contributed by atoms with van der Waals surface area (Å²) in [5.74, 6) is 0.499. The van der Waals surface area contributed by atoms with Crippen molar-refractivity contribution in [3.05, 3.63) is 0 Å². The van der Waals surface area contributed by atoms with Gasteiger partial charge in [0.05, 0.1) is 6.61 Å². The van der Waals surface area contributed by atoms with Crippen LogP contribution < -0.4 is 5.32 Å². The number of carbonyl (C=O) groups is 1. The largest absolute Gasteiger partial charge is 0.465 e. The van der Waals surface area contributed by atoms with Crippen LogP contribution in [0, 0.1) is 5.92 Å². The highest BCUT2D eigenvalue weighted by Crippen LogP contribution is 2.31.